The van der Waals surface area contributed by atoms with Gasteiger partial charge in [-0.25, -0.2) is 0 Å². The van der Waals surface area contributed by atoms with E-state index in [4.69, 9.17) is 14.2 Å². The number of benzene rings is 1. The van der Waals surface area contributed by atoms with Crippen LogP contribution in [0.15, 0.2) is 29.9 Å². The number of rotatable bonds is 6. The summed E-state index contributed by atoms with van der Waals surface area (Å²) in [4.78, 5) is 36.3. The molecule has 138 valence electrons. The van der Waals surface area contributed by atoms with Crippen molar-refractivity contribution in [2.75, 3.05) is 14.2 Å². The summed E-state index contributed by atoms with van der Waals surface area (Å²) in [5.41, 5.74) is 1.82. The third kappa shape index (κ3) is 3.85. The van der Waals surface area contributed by atoms with Gasteiger partial charge < -0.3 is 14.2 Å². The molecular formula is C20H22O6. The zero-order valence-electron chi connectivity index (χ0n) is 15.5. The van der Waals surface area contributed by atoms with E-state index in [1.165, 1.54) is 33.3 Å². The van der Waals surface area contributed by atoms with E-state index in [1.807, 2.05) is 19.9 Å². The van der Waals surface area contributed by atoms with Gasteiger partial charge in [-0.05, 0) is 32.1 Å². The van der Waals surface area contributed by atoms with E-state index < -0.39 is 12.1 Å². The van der Waals surface area contributed by atoms with E-state index in [2.05, 4.69) is 0 Å². The molecule has 1 aromatic carbocycles. The molecule has 1 atom stereocenters. The number of carbonyl (C=O) groups is 3. The van der Waals surface area contributed by atoms with Gasteiger partial charge in [0.25, 0.3) is 0 Å². The van der Waals surface area contributed by atoms with Crippen LogP contribution in [-0.2, 0) is 9.53 Å². The SMILES string of the molecule is COc1cc([C@@H](CC=C(C)C)OC(C)=O)c(OC)c2c1C(=O)C=CC2=O. The zero-order chi connectivity index (χ0) is 19.4. The Morgan fingerprint density at radius 1 is 1.04 bits per heavy atom. The maximum atomic E-state index is 12.4. The Bertz CT molecular complexity index is 812. The maximum Gasteiger partial charge on any atom is 0.303 e. The smallest absolute Gasteiger partial charge is 0.303 e. The van der Waals surface area contributed by atoms with Crippen LogP contribution in [0.25, 0.3) is 0 Å². The maximum absolute atomic E-state index is 12.4. The van der Waals surface area contributed by atoms with Gasteiger partial charge in [-0.2, -0.15) is 0 Å². The van der Waals surface area contributed by atoms with Gasteiger partial charge in [-0.1, -0.05) is 11.6 Å². The van der Waals surface area contributed by atoms with Crippen LogP contribution in [0, 0.1) is 0 Å². The highest BCUT2D eigenvalue weighted by Crippen LogP contribution is 2.42. The van der Waals surface area contributed by atoms with E-state index in [0.29, 0.717) is 12.0 Å². The largest absolute Gasteiger partial charge is 0.496 e. The highest BCUT2D eigenvalue weighted by Gasteiger charge is 2.32. The first kappa shape index (κ1) is 19.4. The lowest BCUT2D eigenvalue weighted by Gasteiger charge is -2.24. The van der Waals surface area contributed by atoms with Crippen molar-refractivity contribution >= 4 is 17.5 Å². The van der Waals surface area contributed by atoms with E-state index in [1.54, 1.807) is 6.07 Å². The summed E-state index contributed by atoms with van der Waals surface area (Å²) in [7, 11) is 2.83. The molecule has 6 nitrogen and oxygen atoms in total. The van der Waals surface area contributed by atoms with Gasteiger partial charge in [0.15, 0.2) is 11.6 Å². The molecule has 0 unspecified atom stereocenters. The summed E-state index contributed by atoms with van der Waals surface area (Å²) < 4.78 is 16.2. The minimum Gasteiger partial charge on any atom is -0.496 e. The molecule has 0 bridgehead atoms. The second-order valence-corrected chi connectivity index (χ2v) is 6.13. The number of fused-ring (bicyclic) bond motifs is 1. The fourth-order valence-corrected chi connectivity index (χ4v) is 2.86. The molecule has 0 saturated carbocycles. The van der Waals surface area contributed by atoms with Crippen LogP contribution in [0.5, 0.6) is 11.5 Å². The van der Waals surface area contributed by atoms with Gasteiger partial charge in [0, 0.05) is 18.9 Å². The summed E-state index contributed by atoms with van der Waals surface area (Å²) in [6, 6.07) is 1.59. The Labute approximate surface area is 152 Å². The van der Waals surface area contributed by atoms with Gasteiger partial charge in [-0.15, -0.1) is 0 Å². The molecule has 0 fully saturated rings. The molecule has 0 N–H and O–H groups in total. The molecule has 0 amide bonds. The standard InChI is InChI=1S/C20H22O6/c1-11(2)6-9-16(26-12(3)21)13-10-17(24-4)18-14(22)7-8-15(23)19(18)20(13)25-5/h6-8,10,16H,9H2,1-5H3/t16-/m1/s1. The molecule has 1 aliphatic carbocycles. The van der Waals surface area contributed by atoms with Crippen molar-refractivity contribution in [1.82, 2.24) is 0 Å². The predicted octanol–water partition coefficient (Wildman–Crippen LogP) is 3.60. The Morgan fingerprint density at radius 3 is 2.15 bits per heavy atom. The second kappa shape index (κ2) is 7.99. The van der Waals surface area contributed by atoms with Crippen LogP contribution in [0.2, 0.25) is 0 Å². The summed E-state index contributed by atoms with van der Waals surface area (Å²) in [6.07, 6.45) is 4.06. The highest BCUT2D eigenvalue weighted by molar-refractivity contribution is 6.24. The first-order valence-corrected chi connectivity index (χ1v) is 8.16. The number of hydrogen-bond acceptors (Lipinski definition) is 6. The van der Waals surface area contributed by atoms with Gasteiger partial charge >= 0.3 is 5.97 Å². The number of carbonyl (C=O) groups excluding carboxylic acids is 3. The minimum atomic E-state index is -0.676. The lowest BCUT2D eigenvalue weighted by atomic mass is 9.88. The molecule has 0 radical (unpaired) electrons. The molecule has 0 spiro atoms. The molecule has 0 aromatic heterocycles. The monoisotopic (exact) mass is 358 g/mol. The van der Waals surface area contributed by atoms with Crippen LogP contribution in [0.1, 0.15) is 59.6 Å². The summed E-state index contributed by atoms with van der Waals surface area (Å²) in [6.45, 7) is 5.18. The molecule has 26 heavy (non-hydrogen) atoms. The summed E-state index contributed by atoms with van der Waals surface area (Å²) in [5.74, 6) is -0.696. The number of ketones is 2. The lowest BCUT2D eigenvalue weighted by Crippen LogP contribution is -2.18. The topological polar surface area (TPSA) is 78.9 Å². The zero-order valence-corrected chi connectivity index (χ0v) is 15.5. The van der Waals surface area contributed by atoms with Gasteiger partial charge in [-0.3, -0.25) is 14.4 Å². The van der Waals surface area contributed by atoms with Gasteiger partial charge in [0.1, 0.15) is 17.6 Å². The van der Waals surface area contributed by atoms with Crippen molar-refractivity contribution in [3.8, 4) is 11.5 Å². The lowest BCUT2D eigenvalue weighted by molar-refractivity contribution is -0.146. The van der Waals surface area contributed by atoms with Crippen LogP contribution in [0.3, 0.4) is 0 Å². The first-order valence-electron chi connectivity index (χ1n) is 8.16. The Morgan fingerprint density at radius 2 is 1.65 bits per heavy atom. The van der Waals surface area contributed by atoms with Crippen LogP contribution >= 0.6 is 0 Å². The van der Waals surface area contributed by atoms with Gasteiger partial charge in [0.05, 0.1) is 25.3 Å². The molecule has 0 aliphatic heterocycles. The Hall–Kier alpha value is -2.89. The molecule has 6 heteroatoms. The summed E-state index contributed by atoms with van der Waals surface area (Å²) in [5, 5.41) is 0. The third-order valence-electron chi connectivity index (χ3n) is 3.97. The minimum absolute atomic E-state index is 0.128. The molecular weight excluding hydrogens is 336 g/mol. The molecule has 2 rings (SSSR count). The van der Waals surface area contributed by atoms with Crippen LogP contribution in [0.4, 0.5) is 0 Å². The van der Waals surface area contributed by atoms with Crippen molar-refractivity contribution in [2.24, 2.45) is 0 Å². The van der Waals surface area contributed by atoms with Crippen molar-refractivity contribution in [1.29, 1.82) is 0 Å². The average Bonchev–Trinajstić information content (AvgIpc) is 2.59. The molecule has 1 aromatic rings. The highest BCUT2D eigenvalue weighted by atomic mass is 16.5. The van der Waals surface area contributed by atoms with Crippen molar-refractivity contribution in [2.45, 2.75) is 33.3 Å². The molecule has 0 saturated heterocycles. The van der Waals surface area contributed by atoms with Gasteiger partial charge in [0.2, 0.25) is 0 Å². The first-order chi connectivity index (χ1) is 12.3. The number of methoxy groups -OCH3 is 2. The van der Waals surface area contributed by atoms with E-state index in [0.717, 1.165) is 5.57 Å². The van der Waals surface area contributed by atoms with E-state index >= 15 is 0 Å². The number of hydrogen-bond donors (Lipinski definition) is 0. The number of allylic oxidation sites excluding steroid dienone is 3. The second-order valence-electron chi connectivity index (χ2n) is 6.13. The van der Waals surface area contributed by atoms with Crippen molar-refractivity contribution in [3.63, 3.8) is 0 Å². The summed E-state index contributed by atoms with van der Waals surface area (Å²) >= 11 is 0. The fraction of sp³-hybridized carbons (Fsp3) is 0.350. The van der Waals surface area contributed by atoms with Crippen LogP contribution < -0.4 is 9.47 Å². The van der Waals surface area contributed by atoms with E-state index in [-0.39, 0.29) is 34.2 Å². The molecule has 0 heterocycles. The number of esters is 1. The fourth-order valence-electron chi connectivity index (χ4n) is 2.86. The number of ether oxygens (including phenoxy) is 3. The van der Waals surface area contributed by atoms with Crippen LogP contribution in [-0.4, -0.2) is 31.8 Å². The Balaban J connectivity index is 2.72. The van der Waals surface area contributed by atoms with Crippen molar-refractivity contribution < 1.29 is 28.6 Å². The van der Waals surface area contributed by atoms with Crippen molar-refractivity contribution in [3.05, 3.63) is 46.6 Å². The quantitative estimate of drug-likeness (QED) is 0.571. The van der Waals surface area contributed by atoms with E-state index in [9.17, 15) is 14.4 Å². The molecule has 1 aliphatic rings. The average molecular weight is 358 g/mol. The Kier molecular flexibility index (Phi) is 5.97. The normalized spacial score (nSPS) is 13.7. The third-order valence-corrected chi connectivity index (χ3v) is 3.97. The predicted molar refractivity (Wildman–Crippen MR) is 95.9 cm³/mol.